The van der Waals surface area contributed by atoms with Gasteiger partial charge in [0.2, 0.25) is 0 Å². The van der Waals surface area contributed by atoms with Gasteiger partial charge in [-0.05, 0) is 53.9 Å². The average molecular weight is 450 g/mol. The summed E-state index contributed by atoms with van der Waals surface area (Å²) in [6.45, 7) is 0.408. The van der Waals surface area contributed by atoms with Gasteiger partial charge in [0.25, 0.3) is 15.9 Å². The molecule has 0 saturated heterocycles. The second-order valence-electron chi connectivity index (χ2n) is 7.21. The fourth-order valence-corrected chi connectivity index (χ4v) is 4.48. The van der Waals surface area contributed by atoms with Crippen molar-refractivity contribution in [2.24, 2.45) is 0 Å². The summed E-state index contributed by atoms with van der Waals surface area (Å²) in [7, 11) is -2.35. The highest BCUT2D eigenvalue weighted by Gasteiger charge is 2.18. The molecule has 1 heterocycles. The molecule has 0 unspecified atom stereocenters. The molecule has 4 rings (SSSR count). The molecule has 0 atom stereocenters. The minimum absolute atomic E-state index is 0.0762. The first-order chi connectivity index (χ1) is 15.5. The Bertz CT molecular complexity index is 1310. The van der Waals surface area contributed by atoms with E-state index in [1.807, 2.05) is 24.3 Å². The van der Waals surface area contributed by atoms with Crippen LogP contribution in [0.1, 0.15) is 16.1 Å². The second kappa shape index (κ2) is 9.15. The number of para-hydroxylation sites is 2. The zero-order chi connectivity index (χ0) is 22.6. The molecule has 0 bridgehead atoms. The molecule has 3 N–H and O–H groups in total. The summed E-state index contributed by atoms with van der Waals surface area (Å²) in [6.07, 6.45) is 0.625. The van der Waals surface area contributed by atoms with Crippen molar-refractivity contribution in [1.29, 1.82) is 0 Å². The standard InChI is InChI=1S/C24H23N3O4S/c1-31-19-10-12-20(13-11-19)32(29,30)27-23-9-5-3-7-21(23)24(28)25-15-14-18-16-17-6-2-4-8-22(17)26-18/h2-13,16,26-27H,14-15H2,1H3,(H,25,28). The maximum absolute atomic E-state index is 12.8. The van der Waals surface area contributed by atoms with Crippen LogP contribution in [0.2, 0.25) is 0 Å². The number of ether oxygens (including phenoxy) is 1. The van der Waals surface area contributed by atoms with Crippen LogP contribution in [0, 0.1) is 0 Å². The van der Waals surface area contributed by atoms with Gasteiger partial charge >= 0.3 is 0 Å². The van der Waals surface area contributed by atoms with Crippen LogP contribution >= 0.6 is 0 Å². The normalized spacial score (nSPS) is 11.3. The van der Waals surface area contributed by atoms with E-state index in [2.05, 4.69) is 21.1 Å². The number of carbonyl (C=O) groups excluding carboxylic acids is 1. The fraction of sp³-hybridized carbons (Fsp3) is 0.125. The van der Waals surface area contributed by atoms with Crippen LogP contribution in [-0.2, 0) is 16.4 Å². The molecule has 0 spiro atoms. The number of hydrogen-bond donors (Lipinski definition) is 3. The van der Waals surface area contributed by atoms with E-state index in [9.17, 15) is 13.2 Å². The quantitative estimate of drug-likeness (QED) is 0.379. The number of amides is 1. The minimum atomic E-state index is -3.86. The van der Waals surface area contributed by atoms with Gasteiger partial charge in [-0.25, -0.2) is 8.42 Å². The third-order valence-electron chi connectivity index (χ3n) is 5.05. The van der Waals surface area contributed by atoms with Crippen LogP contribution < -0.4 is 14.8 Å². The molecule has 1 aromatic heterocycles. The Morgan fingerprint density at radius 1 is 0.969 bits per heavy atom. The van der Waals surface area contributed by atoms with Crippen molar-refractivity contribution < 1.29 is 17.9 Å². The molecule has 0 aliphatic rings. The Balaban J connectivity index is 1.44. The SMILES string of the molecule is COc1ccc(S(=O)(=O)Nc2ccccc2C(=O)NCCc2cc3ccccc3[nH]2)cc1. The van der Waals surface area contributed by atoms with Gasteiger partial charge in [0, 0.05) is 24.2 Å². The molecule has 0 saturated carbocycles. The summed E-state index contributed by atoms with van der Waals surface area (Å²) in [6, 6.07) is 22.6. The maximum Gasteiger partial charge on any atom is 0.261 e. The number of nitrogens with one attached hydrogen (secondary N) is 3. The number of fused-ring (bicyclic) bond motifs is 1. The molecule has 164 valence electrons. The predicted molar refractivity (Wildman–Crippen MR) is 125 cm³/mol. The van der Waals surface area contributed by atoms with Crippen molar-refractivity contribution in [2.45, 2.75) is 11.3 Å². The Morgan fingerprint density at radius 3 is 2.44 bits per heavy atom. The van der Waals surface area contributed by atoms with E-state index in [0.29, 0.717) is 18.7 Å². The second-order valence-corrected chi connectivity index (χ2v) is 8.90. The summed E-state index contributed by atoms with van der Waals surface area (Å²) in [5, 5.41) is 3.98. The van der Waals surface area contributed by atoms with Gasteiger partial charge in [0.15, 0.2) is 0 Å². The van der Waals surface area contributed by atoms with Crippen LogP contribution in [0.5, 0.6) is 5.75 Å². The molecule has 8 heteroatoms. The zero-order valence-electron chi connectivity index (χ0n) is 17.5. The summed E-state index contributed by atoms with van der Waals surface area (Å²) in [4.78, 5) is 16.2. The van der Waals surface area contributed by atoms with Crippen LogP contribution in [0.4, 0.5) is 5.69 Å². The van der Waals surface area contributed by atoms with Gasteiger partial charge < -0.3 is 15.0 Å². The highest BCUT2D eigenvalue weighted by atomic mass is 32.2. The van der Waals surface area contributed by atoms with Gasteiger partial charge in [-0.15, -0.1) is 0 Å². The highest BCUT2D eigenvalue weighted by molar-refractivity contribution is 7.92. The summed E-state index contributed by atoms with van der Waals surface area (Å²) in [5.41, 5.74) is 2.53. The lowest BCUT2D eigenvalue weighted by molar-refractivity contribution is 0.0955. The fourth-order valence-electron chi connectivity index (χ4n) is 3.40. The highest BCUT2D eigenvalue weighted by Crippen LogP contribution is 2.22. The van der Waals surface area contributed by atoms with E-state index in [1.165, 1.54) is 19.2 Å². The lowest BCUT2D eigenvalue weighted by Gasteiger charge is -2.13. The van der Waals surface area contributed by atoms with E-state index in [1.54, 1.807) is 36.4 Å². The van der Waals surface area contributed by atoms with Gasteiger partial charge in [0.05, 0.1) is 23.3 Å². The average Bonchev–Trinajstić information content (AvgIpc) is 3.22. The largest absolute Gasteiger partial charge is 0.497 e. The molecule has 0 aliphatic heterocycles. The van der Waals surface area contributed by atoms with Crippen LogP contribution in [0.15, 0.2) is 83.8 Å². The molecular weight excluding hydrogens is 426 g/mol. The van der Waals surface area contributed by atoms with Crippen molar-refractivity contribution in [1.82, 2.24) is 10.3 Å². The molecule has 0 fully saturated rings. The van der Waals surface area contributed by atoms with Crippen LogP contribution in [-0.4, -0.2) is 33.0 Å². The first-order valence-electron chi connectivity index (χ1n) is 10.1. The molecule has 0 aliphatic carbocycles. The molecular formula is C24H23N3O4S. The smallest absolute Gasteiger partial charge is 0.261 e. The molecule has 32 heavy (non-hydrogen) atoms. The van der Waals surface area contributed by atoms with Crippen LogP contribution in [0.25, 0.3) is 10.9 Å². The number of sulfonamides is 1. The number of H-pyrrole nitrogens is 1. The van der Waals surface area contributed by atoms with Crippen molar-refractivity contribution in [3.05, 3.63) is 90.1 Å². The predicted octanol–water partition coefficient (Wildman–Crippen LogP) is 3.95. The van der Waals surface area contributed by atoms with Crippen molar-refractivity contribution in [2.75, 3.05) is 18.4 Å². The number of anilines is 1. The number of rotatable bonds is 8. The van der Waals surface area contributed by atoms with E-state index >= 15 is 0 Å². The zero-order valence-corrected chi connectivity index (χ0v) is 18.3. The lowest BCUT2D eigenvalue weighted by atomic mass is 10.1. The lowest BCUT2D eigenvalue weighted by Crippen LogP contribution is -2.27. The first-order valence-corrected chi connectivity index (χ1v) is 11.6. The summed E-state index contributed by atoms with van der Waals surface area (Å²) in [5.74, 6) is 0.202. The van der Waals surface area contributed by atoms with E-state index in [0.717, 1.165) is 16.6 Å². The third-order valence-corrected chi connectivity index (χ3v) is 6.43. The molecule has 3 aromatic carbocycles. The number of methoxy groups -OCH3 is 1. The van der Waals surface area contributed by atoms with E-state index < -0.39 is 10.0 Å². The number of aromatic nitrogens is 1. The van der Waals surface area contributed by atoms with Crippen molar-refractivity contribution >= 4 is 32.5 Å². The molecule has 1 amide bonds. The van der Waals surface area contributed by atoms with Gasteiger partial charge in [-0.2, -0.15) is 0 Å². The molecule has 7 nitrogen and oxygen atoms in total. The Labute approximate surface area is 186 Å². The van der Waals surface area contributed by atoms with Crippen LogP contribution in [0.3, 0.4) is 0 Å². The van der Waals surface area contributed by atoms with Gasteiger partial charge in [-0.3, -0.25) is 9.52 Å². The minimum Gasteiger partial charge on any atom is -0.497 e. The van der Waals surface area contributed by atoms with E-state index in [4.69, 9.17) is 4.74 Å². The Morgan fingerprint density at radius 2 is 1.69 bits per heavy atom. The van der Waals surface area contributed by atoms with Gasteiger partial charge in [-0.1, -0.05) is 30.3 Å². The van der Waals surface area contributed by atoms with Crippen molar-refractivity contribution in [3.8, 4) is 5.75 Å². The Kier molecular flexibility index (Phi) is 6.13. The summed E-state index contributed by atoms with van der Waals surface area (Å²) < 4.78 is 33.1. The number of benzene rings is 3. The molecule has 0 radical (unpaired) electrons. The summed E-state index contributed by atoms with van der Waals surface area (Å²) >= 11 is 0. The number of aromatic amines is 1. The topological polar surface area (TPSA) is 100 Å². The number of carbonyl (C=O) groups is 1. The number of hydrogen-bond acceptors (Lipinski definition) is 4. The van der Waals surface area contributed by atoms with Gasteiger partial charge in [0.1, 0.15) is 5.75 Å². The third kappa shape index (κ3) is 4.76. The van der Waals surface area contributed by atoms with E-state index in [-0.39, 0.29) is 22.1 Å². The first kappa shape index (κ1) is 21.5. The molecule has 4 aromatic rings. The maximum atomic E-state index is 12.8. The Hall–Kier alpha value is -3.78. The van der Waals surface area contributed by atoms with Crippen molar-refractivity contribution in [3.63, 3.8) is 0 Å². The monoisotopic (exact) mass is 449 g/mol.